The minimum Gasteiger partial charge on any atom is -0.484 e. The maximum absolute atomic E-state index is 13.5. The molecule has 0 heterocycles. The zero-order valence-electron chi connectivity index (χ0n) is 19.8. The molecule has 2 aromatic rings. The summed E-state index contributed by atoms with van der Waals surface area (Å²) in [5, 5.41) is 16.4. The number of fused-ring (bicyclic) bond motifs is 3. The van der Waals surface area contributed by atoms with Crippen LogP contribution in [0.5, 0.6) is 11.5 Å². The number of nitrogens with one attached hydrogen (secondary N) is 2. The van der Waals surface area contributed by atoms with E-state index in [1.165, 1.54) is 12.1 Å². The lowest BCUT2D eigenvalue weighted by Gasteiger charge is -2.56. The van der Waals surface area contributed by atoms with Crippen molar-refractivity contribution in [1.82, 2.24) is 10.6 Å². The van der Waals surface area contributed by atoms with Crippen LogP contribution in [0.1, 0.15) is 37.7 Å². The monoisotopic (exact) mass is 562 g/mol. The highest BCUT2D eigenvalue weighted by Gasteiger charge is 2.55. The zero-order chi connectivity index (χ0) is 27.7. The number of aliphatic hydroxyl groups excluding tert-OH is 1. The second-order valence-corrected chi connectivity index (χ2v) is 9.95. The molecule has 2 amide bonds. The Bertz CT molecular complexity index is 1220. The first-order valence-corrected chi connectivity index (χ1v) is 12.1. The first-order chi connectivity index (χ1) is 17.8. The molecule has 1 atom stereocenters. The Hall–Kier alpha value is -3.12. The highest BCUT2D eigenvalue weighted by Crippen LogP contribution is 2.47. The molecule has 5 rings (SSSR count). The van der Waals surface area contributed by atoms with Crippen molar-refractivity contribution in [3.8, 4) is 11.5 Å². The molecular weight excluding hydrogens is 539 g/mol. The fourth-order valence-electron chi connectivity index (χ4n) is 4.98. The molecule has 7 nitrogen and oxygen atoms in total. The second kappa shape index (κ2) is 10.6. The topological polar surface area (TPSA) is 96.9 Å². The molecular formula is C25H24ClF5N2O5. The van der Waals surface area contributed by atoms with Crippen LogP contribution in [0, 0.1) is 11.6 Å². The van der Waals surface area contributed by atoms with Crippen molar-refractivity contribution in [1.29, 1.82) is 0 Å². The second-order valence-electron chi connectivity index (χ2n) is 9.55. The lowest BCUT2D eigenvalue weighted by atomic mass is 9.60. The number of halogens is 6. The molecule has 3 N–H and O–H groups in total. The van der Waals surface area contributed by atoms with Gasteiger partial charge in [0, 0.05) is 11.6 Å². The third-order valence-electron chi connectivity index (χ3n) is 6.99. The van der Waals surface area contributed by atoms with E-state index in [1.807, 2.05) is 0 Å². The minimum atomic E-state index is -4.92. The van der Waals surface area contributed by atoms with Crippen molar-refractivity contribution in [3.05, 3.63) is 58.6 Å². The van der Waals surface area contributed by atoms with Crippen LogP contribution in [-0.2, 0) is 15.8 Å². The first kappa shape index (κ1) is 27.9. The number of carbonyl (C=O) groups excluding carboxylic acids is 2. The molecule has 2 bridgehead atoms. The predicted molar refractivity (Wildman–Crippen MR) is 125 cm³/mol. The fraction of sp³-hybridized carbons (Fsp3) is 0.440. The Morgan fingerprint density at radius 3 is 2.08 bits per heavy atom. The molecule has 2 aromatic carbocycles. The Labute approximate surface area is 219 Å². The van der Waals surface area contributed by atoms with Crippen LogP contribution in [0.4, 0.5) is 22.0 Å². The van der Waals surface area contributed by atoms with Crippen LogP contribution in [0.2, 0.25) is 5.02 Å². The molecule has 3 saturated carbocycles. The fourth-order valence-corrected chi connectivity index (χ4v) is 5.10. The van der Waals surface area contributed by atoms with Gasteiger partial charge in [0.1, 0.15) is 23.1 Å². The average Bonchev–Trinajstić information content (AvgIpc) is 2.84. The third-order valence-corrected chi connectivity index (χ3v) is 7.29. The van der Waals surface area contributed by atoms with Crippen LogP contribution < -0.4 is 20.1 Å². The van der Waals surface area contributed by atoms with Gasteiger partial charge < -0.3 is 25.2 Å². The Morgan fingerprint density at radius 2 is 1.50 bits per heavy atom. The normalized spacial score (nSPS) is 24.6. The van der Waals surface area contributed by atoms with E-state index in [4.69, 9.17) is 21.1 Å². The number of benzene rings is 2. The maximum atomic E-state index is 13.5. The predicted octanol–water partition coefficient (Wildman–Crippen LogP) is 4.14. The first-order valence-electron chi connectivity index (χ1n) is 11.7. The Morgan fingerprint density at radius 1 is 0.921 bits per heavy atom. The Kier molecular flexibility index (Phi) is 7.76. The molecule has 206 valence electrons. The van der Waals surface area contributed by atoms with E-state index < -0.39 is 59.0 Å². The van der Waals surface area contributed by atoms with Gasteiger partial charge in [0.05, 0.1) is 22.2 Å². The molecule has 0 saturated heterocycles. The van der Waals surface area contributed by atoms with Crippen LogP contribution in [0.3, 0.4) is 0 Å². The van der Waals surface area contributed by atoms with Gasteiger partial charge in [-0.1, -0.05) is 11.6 Å². The number of ether oxygens (including phenoxy) is 2. The van der Waals surface area contributed by atoms with Gasteiger partial charge in [-0.15, -0.1) is 0 Å². The summed E-state index contributed by atoms with van der Waals surface area (Å²) in [6, 6.07) is 5.85. The molecule has 0 aromatic heterocycles. The van der Waals surface area contributed by atoms with E-state index in [9.17, 15) is 36.6 Å². The van der Waals surface area contributed by atoms with E-state index in [0.717, 1.165) is 12.1 Å². The number of rotatable bonds is 8. The van der Waals surface area contributed by atoms with E-state index in [-0.39, 0.29) is 29.5 Å². The highest BCUT2D eigenvalue weighted by atomic mass is 35.5. The molecule has 3 aliphatic carbocycles. The smallest absolute Gasteiger partial charge is 0.419 e. The van der Waals surface area contributed by atoms with Crippen LogP contribution in [-0.4, -0.2) is 47.3 Å². The molecule has 0 aliphatic heterocycles. The van der Waals surface area contributed by atoms with Gasteiger partial charge in [-0.25, -0.2) is 8.78 Å². The van der Waals surface area contributed by atoms with Crippen LogP contribution in [0.25, 0.3) is 0 Å². The SMILES string of the molecule is O=C(COc1ccc(Cl)c(F)c1)NC12CCC(NC(=O)COc3ccc(F)c(C(F)(F)F)c3)(CC1)[C@H](O)C2. The summed E-state index contributed by atoms with van der Waals surface area (Å²) in [7, 11) is 0. The summed E-state index contributed by atoms with van der Waals surface area (Å²) in [6.45, 7) is -1.01. The number of hydrogen-bond donors (Lipinski definition) is 3. The summed E-state index contributed by atoms with van der Waals surface area (Å²) in [5.74, 6) is -3.46. The highest BCUT2D eigenvalue weighted by molar-refractivity contribution is 6.30. The van der Waals surface area contributed by atoms with Gasteiger partial charge in [-0.3, -0.25) is 9.59 Å². The molecule has 3 aliphatic rings. The summed E-state index contributed by atoms with van der Waals surface area (Å²) in [4.78, 5) is 25.0. The van der Waals surface area contributed by atoms with E-state index >= 15 is 0 Å². The molecule has 13 heteroatoms. The van der Waals surface area contributed by atoms with Gasteiger partial charge in [0.15, 0.2) is 13.2 Å². The van der Waals surface area contributed by atoms with Crippen molar-refractivity contribution < 1.29 is 46.1 Å². The molecule has 0 radical (unpaired) electrons. The number of aliphatic hydroxyl groups is 1. The van der Waals surface area contributed by atoms with Crippen LogP contribution in [0.15, 0.2) is 36.4 Å². The lowest BCUT2D eigenvalue weighted by molar-refractivity contribution is -0.140. The molecule has 0 spiro atoms. The van der Waals surface area contributed by atoms with Gasteiger partial charge >= 0.3 is 6.18 Å². The minimum absolute atomic E-state index is 0.0766. The Balaban J connectivity index is 1.29. The summed E-state index contributed by atoms with van der Waals surface area (Å²) < 4.78 is 76.1. The number of amides is 2. The van der Waals surface area contributed by atoms with E-state index in [2.05, 4.69) is 10.6 Å². The van der Waals surface area contributed by atoms with E-state index in [1.54, 1.807) is 0 Å². The summed E-state index contributed by atoms with van der Waals surface area (Å²) >= 11 is 5.62. The van der Waals surface area contributed by atoms with Gasteiger partial charge in [-0.2, -0.15) is 13.2 Å². The summed E-state index contributed by atoms with van der Waals surface area (Å²) in [6.07, 6.45) is -4.22. The lowest BCUT2D eigenvalue weighted by Crippen LogP contribution is -2.70. The maximum Gasteiger partial charge on any atom is 0.419 e. The zero-order valence-corrected chi connectivity index (χ0v) is 20.6. The molecule has 38 heavy (non-hydrogen) atoms. The van der Waals surface area contributed by atoms with Crippen molar-refractivity contribution in [2.45, 2.75) is 55.5 Å². The van der Waals surface area contributed by atoms with Crippen LogP contribution >= 0.6 is 11.6 Å². The van der Waals surface area contributed by atoms with Crippen molar-refractivity contribution in [2.24, 2.45) is 0 Å². The van der Waals surface area contributed by atoms with Crippen molar-refractivity contribution in [2.75, 3.05) is 13.2 Å². The third kappa shape index (κ3) is 6.12. The van der Waals surface area contributed by atoms with E-state index in [0.29, 0.717) is 37.8 Å². The van der Waals surface area contributed by atoms with Crippen molar-refractivity contribution >= 4 is 23.4 Å². The summed E-state index contributed by atoms with van der Waals surface area (Å²) in [5.41, 5.74) is -3.20. The standard InChI is InChI=1S/C25H24ClF5N2O5/c26-17-3-1-15(10-19(17)28)38-12-21(35)32-23-5-7-24(8-6-23,20(34)11-23)33-22(36)13-37-14-2-4-18(27)16(9-14)25(29,30)31/h1-4,9-10,20,34H,5-8,11-13H2,(H,32,35)(H,33,36)/t20-,23?,24?/m1/s1. The largest absolute Gasteiger partial charge is 0.484 e. The molecule has 0 unspecified atom stereocenters. The number of carbonyl (C=O) groups is 2. The quantitative estimate of drug-likeness (QED) is 0.420. The average molecular weight is 563 g/mol. The van der Waals surface area contributed by atoms with Gasteiger partial charge in [-0.05, 0) is 62.4 Å². The number of hydrogen-bond acceptors (Lipinski definition) is 5. The molecule has 3 fully saturated rings. The van der Waals surface area contributed by atoms with Gasteiger partial charge in [0.25, 0.3) is 11.8 Å². The van der Waals surface area contributed by atoms with Gasteiger partial charge in [0.2, 0.25) is 0 Å². The van der Waals surface area contributed by atoms with Crippen molar-refractivity contribution in [3.63, 3.8) is 0 Å². The number of alkyl halides is 3.